The SMILES string of the molecule is CCC(NC(=O)C1CCN(Cc2ccc(Cl)cc2F)CC1)c1ccc(C)cc1. The molecule has 0 spiro atoms. The van der Waals surface area contributed by atoms with E-state index in [1.165, 1.54) is 11.6 Å². The van der Waals surface area contributed by atoms with Crippen LogP contribution in [0.4, 0.5) is 4.39 Å². The molecule has 1 aliphatic heterocycles. The second-order valence-corrected chi connectivity index (χ2v) is 8.10. The molecule has 1 heterocycles. The molecular formula is C23H28ClFN2O. The Morgan fingerprint density at radius 3 is 2.50 bits per heavy atom. The van der Waals surface area contributed by atoms with Crippen molar-refractivity contribution in [2.75, 3.05) is 13.1 Å². The first kappa shape index (κ1) is 20.8. The lowest BCUT2D eigenvalue weighted by atomic mass is 9.94. The number of aryl methyl sites for hydroxylation is 1. The van der Waals surface area contributed by atoms with E-state index in [1.54, 1.807) is 12.1 Å². The average molecular weight is 403 g/mol. The zero-order chi connectivity index (χ0) is 20.1. The molecule has 2 aromatic carbocycles. The predicted molar refractivity (Wildman–Crippen MR) is 112 cm³/mol. The van der Waals surface area contributed by atoms with Crippen molar-refractivity contribution >= 4 is 17.5 Å². The number of halogens is 2. The van der Waals surface area contributed by atoms with Crippen LogP contribution in [-0.2, 0) is 11.3 Å². The first-order chi connectivity index (χ1) is 13.5. The molecule has 0 radical (unpaired) electrons. The molecule has 0 aliphatic carbocycles. The van der Waals surface area contributed by atoms with Crippen molar-refractivity contribution in [2.24, 2.45) is 5.92 Å². The van der Waals surface area contributed by atoms with Gasteiger partial charge in [0.1, 0.15) is 5.82 Å². The van der Waals surface area contributed by atoms with E-state index < -0.39 is 0 Å². The maximum absolute atomic E-state index is 14.0. The van der Waals surface area contributed by atoms with Crippen molar-refractivity contribution in [3.8, 4) is 0 Å². The highest BCUT2D eigenvalue weighted by Crippen LogP contribution is 2.24. The van der Waals surface area contributed by atoms with Crippen LogP contribution in [0.2, 0.25) is 5.02 Å². The third-order valence-corrected chi connectivity index (χ3v) is 5.81. The molecule has 1 atom stereocenters. The Labute approximate surface area is 171 Å². The summed E-state index contributed by atoms with van der Waals surface area (Å²) in [6, 6.07) is 13.2. The van der Waals surface area contributed by atoms with E-state index in [1.807, 2.05) is 0 Å². The number of nitrogens with one attached hydrogen (secondary N) is 1. The highest BCUT2D eigenvalue weighted by molar-refractivity contribution is 6.30. The van der Waals surface area contributed by atoms with Gasteiger partial charge in [-0.1, -0.05) is 54.4 Å². The second-order valence-electron chi connectivity index (χ2n) is 7.67. The maximum atomic E-state index is 14.0. The third-order valence-electron chi connectivity index (χ3n) is 5.57. The van der Waals surface area contributed by atoms with E-state index >= 15 is 0 Å². The van der Waals surface area contributed by atoms with Crippen LogP contribution in [0, 0.1) is 18.7 Å². The summed E-state index contributed by atoms with van der Waals surface area (Å²) >= 11 is 5.82. The van der Waals surface area contributed by atoms with Crippen LogP contribution in [0.3, 0.4) is 0 Å². The molecule has 1 unspecified atom stereocenters. The van der Waals surface area contributed by atoms with Crippen LogP contribution in [0.25, 0.3) is 0 Å². The molecule has 2 aromatic rings. The zero-order valence-electron chi connectivity index (χ0n) is 16.6. The van der Waals surface area contributed by atoms with E-state index in [9.17, 15) is 9.18 Å². The maximum Gasteiger partial charge on any atom is 0.223 e. The van der Waals surface area contributed by atoms with Gasteiger partial charge in [0.2, 0.25) is 5.91 Å². The van der Waals surface area contributed by atoms with Gasteiger partial charge in [-0.05, 0) is 57.0 Å². The summed E-state index contributed by atoms with van der Waals surface area (Å²) in [6.45, 7) is 6.29. The first-order valence-corrected chi connectivity index (χ1v) is 10.4. The van der Waals surface area contributed by atoms with Gasteiger partial charge in [-0.3, -0.25) is 9.69 Å². The smallest absolute Gasteiger partial charge is 0.223 e. The van der Waals surface area contributed by atoms with Crippen molar-refractivity contribution < 1.29 is 9.18 Å². The van der Waals surface area contributed by atoms with E-state index in [0.717, 1.165) is 37.9 Å². The minimum atomic E-state index is -0.267. The Kier molecular flexibility index (Phi) is 7.08. The lowest BCUT2D eigenvalue weighted by Gasteiger charge is -2.32. The van der Waals surface area contributed by atoms with Gasteiger partial charge >= 0.3 is 0 Å². The summed E-state index contributed by atoms with van der Waals surface area (Å²) in [5, 5.41) is 3.63. The molecule has 150 valence electrons. The number of likely N-dealkylation sites (tertiary alicyclic amines) is 1. The van der Waals surface area contributed by atoms with E-state index in [4.69, 9.17) is 11.6 Å². The number of rotatable bonds is 6. The van der Waals surface area contributed by atoms with Gasteiger partial charge in [-0.25, -0.2) is 4.39 Å². The molecule has 0 bridgehead atoms. The summed E-state index contributed by atoms with van der Waals surface area (Å²) in [4.78, 5) is 15.0. The Morgan fingerprint density at radius 1 is 1.21 bits per heavy atom. The van der Waals surface area contributed by atoms with Gasteiger partial charge in [-0.15, -0.1) is 0 Å². The number of carbonyl (C=O) groups is 1. The number of benzene rings is 2. The van der Waals surface area contributed by atoms with Crippen LogP contribution in [-0.4, -0.2) is 23.9 Å². The van der Waals surface area contributed by atoms with Gasteiger partial charge in [0.15, 0.2) is 0 Å². The van der Waals surface area contributed by atoms with Crippen molar-refractivity contribution in [1.29, 1.82) is 0 Å². The number of hydrogen-bond donors (Lipinski definition) is 1. The van der Waals surface area contributed by atoms with Gasteiger partial charge in [0, 0.05) is 23.0 Å². The summed E-state index contributed by atoms with van der Waals surface area (Å²) in [6.07, 6.45) is 2.46. The lowest BCUT2D eigenvalue weighted by Crippen LogP contribution is -2.41. The third kappa shape index (κ3) is 5.33. The number of carbonyl (C=O) groups excluding carboxylic acids is 1. The van der Waals surface area contributed by atoms with E-state index in [0.29, 0.717) is 17.1 Å². The van der Waals surface area contributed by atoms with Crippen LogP contribution in [0.5, 0.6) is 0 Å². The number of amides is 1. The average Bonchev–Trinajstić information content (AvgIpc) is 2.69. The minimum absolute atomic E-state index is 0.0193. The highest BCUT2D eigenvalue weighted by Gasteiger charge is 2.27. The second kappa shape index (κ2) is 9.53. The molecule has 0 aromatic heterocycles. The fourth-order valence-electron chi connectivity index (χ4n) is 3.75. The monoisotopic (exact) mass is 402 g/mol. The normalized spacial score (nSPS) is 16.7. The standard InChI is InChI=1S/C23H28ClFN2O/c1-3-22(17-6-4-16(2)5-7-17)26-23(28)18-10-12-27(13-11-18)15-19-8-9-20(24)14-21(19)25/h4-9,14,18,22H,3,10-13,15H2,1-2H3,(H,26,28). The van der Waals surface area contributed by atoms with Crippen LogP contribution in [0.15, 0.2) is 42.5 Å². The van der Waals surface area contributed by atoms with E-state index in [-0.39, 0.29) is 23.7 Å². The fraction of sp³-hybridized carbons (Fsp3) is 0.435. The lowest BCUT2D eigenvalue weighted by molar-refractivity contribution is -0.127. The molecular weight excluding hydrogens is 375 g/mol. The van der Waals surface area contributed by atoms with Crippen molar-refractivity contribution in [1.82, 2.24) is 10.2 Å². The summed E-state index contributed by atoms with van der Waals surface area (Å²) < 4.78 is 14.0. The Bertz CT molecular complexity index is 801. The Hall–Kier alpha value is -1.91. The first-order valence-electron chi connectivity index (χ1n) is 9.99. The number of hydrogen-bond acceptors (Lipinski definition) is 2. The summed E-state index contributed by atoms with van der Waals surface area (Å²) in [5.74, 6) is -0.119. The quantitative estimate of drug-likeness (QED) is 0.714. The van der Waals surface area contributed by atoms with Crippen LogP contribution < -0.4 is 5.32 Å². The predicted octanol–water partition coefficient (Wildman–Crippen LogP) is 5.27. The summed E-state index contributed by atoms with van der Waals surface area (Å²) in [5.41, 5.74) is 3.02. The topological polar surface area (TPSA) is 32.3 Å². The van der Waals surface area contributed by atoms with Gasteiger partial charge < -0.3 is 5.32 Å². The van der Waals surface area contributed by atoms with Gasteiger partial charge in [0.25, 0.3) is 0 Å². The van der Waals surface area contributed by atoms with Crippen LogP contribution >= 0.6 is 11.6 Å². The molecule has 1 aliphatic rings. The van der Waals surface area contributed by atoms with Crippen molar-refractivity contribution in [3.05, 3.63) is 70.0 Å². The zero-order valence-corrected chi connectivity index (χ0v) is 17.3. The molecule has 3 rings (SSSR count). The summed E-state index contributed by atoms with van der Waals surface area (Å²) in [7, 11) is 0. The molecule has 3 nitrogen and oxygen atoms in total. The number of nitrogens with zero attached hydrogens (tertiary/aromatic N) is 1. The van der Waals surface area contributed by atoms with Crippen molar-refractivity contribution in [3.63, 3.8) is 0 Å². The highest BCUT2D eigenvalue weighted by atomic mass is 35.5. The van der Waals surface area contributed by atoms with Gasteiger partial charge in [-0.2, -0.15) is 0 Å². The molecule has 0 saturated carbocycles. The molecule has 5 heteroatoms. The molecule has 1 amide bonds. The Morgan fingerprint density at radius 2 is 1.89 bits per heavy atom. The molecule has 1 saturated heterocycles. The fourth-order valence-corrected chi connectivity index (χ4v) is 3.91. The molecule has 28 heavy (non-hydrogen) atoms. The molecule has 1 fully saturated rings. The Balaban J connectivity index is 1.52. The largest absolute Gasteiger partial charge is 0.349 e. The molecule has 1 N–H and O–H groups in total. The van der Waals surface area contributed by atoms with Crippen LogP contribution in [0.1, 0.15) is 48.9 Å². The number of piperidine rings is 1. The van der Waals surface area contributed by atoms with Gasteiger partial charge in [0.05, 0.1) is 6.04 Å². The van der Waals surface area contributed by atoms with Crippen molar-refractivity contribution in [2.45, 2.75) is 45.7 Å². The minimum Gasteiger partial charge on any atom is -0.349 e. The van der Waals surface area contributed by atoms with E-state index in [2.05, 4.69) is 48.3 Å².